The Morgan fingerprint density at radius 3 is 2.14 bits per heavy atom. The van der Waals surface area contributed by atoms with E-state index < -0.39 is 0 Å². The molecule has 0 bridgehead atoms. The third-order valence-electron chi connectivity index (χ3n) is 5.27. The number of amides is 1. The molecule has 0 fully saturated rings. The van der Waals surface area contributed by atoms with Gasteiger partial charge in [-0.15, -0.1) is 0 Å². The Labute approximate surface area is 165 Å². The van der Waals surface area contributed by atoms with Crippen molar-refractivity contribution < 1.29 is 14.3 Å². The molecule has 3 aromatic rings. The number of rotatable bonds is 4. The molecule has 0 aromatic heterocycles. The maximum atomic E-state index is 13.3. The maximum Gasteiger partial charge on any atom is 0.254 e. The summed E-state index contributed by atoms with van der Waals surface area (Å²) in [4.78, 5) is 15.3. The number of methoxy groups -OCH3 is 2. The average Bonchev–Trinajstić information content (AvgIpc) is 2.77. The fourth-order valence-electron chi connectivity index (χ4n) is 3.91. The van der Waals surface area contributed by atoms with E-state index in [4.69, 9.17) is 9.47 Å². The first-order valence-corrected chi connectivity index (χ1v) is 9.38. The molecular formula is C24H23NO3. The standard InChI is InChI=1S/C24H23NO3/c1-27-21-15-19-13-14-25(24(26)18-11-7-4-8-12-18)23(17-9-5-3-6-10-17)20(19)16-22(21)28-2/h3-12,15-16,23H,13-14H2,1-2H3/t23-/m1/s1. The van der Waals surface area contributed by atoms with Gasteiger partial charge in [0.2, 0.25) is 0 Å². The van der Waals surface area contributed by atoms with E-state index in [1.54, 1.807) is 14.2 Å². The van der Waals surface area contributed by atoms with E-state index in [2.05, 4.69) is 12.1 Å². The van der Waals surface area contributed by atoms with Crippen LogP contribution >= 0.6 is 0 Å². The molecule has 3 aromatic carbocycles. The van der Waals surface area contributed by atoms with Crippen LogP contribution in [-0.2, 0) is 6.42 Å². The Hall–Kier alpha value is -3.27. The summed E-state index contributed by atoms with van der Waals surface area (Å²) in [6.45, 7) is 0.649. The smallest absolute Gasteiger partial charge is 0.254 e. The van der Waals surface area contributed by atoms with E-state index in [0.29, 0.717) is 17.9 Å². The van der Waals surface area contributed by atoms with E-state index >= 15 is 0 Å². The van der Waals surface area contributed by atoms with Crippen LogP contribution in [0.2, 0.25) is 0 Å². The highest BCUT2D eigenvalue weighted by molar-refractivity contribution is 5.95. The Kier molecular flexibility index (Phi) is 5.02. The molecule has 142 valence electrons. The first kappa shape index (κ1) is 18.1. The SMILES string of the molecule is COc1cc2c(cc1OC)[C@@H](c1ccccc1)N(C(=O)c1ccccc1)CC2. The highest BCUT2D eigenvalue weighted by atomic mass is 16.5. The van der Waals surface area contributed by atoms with E-state index in [-0.39, 0.29) is 11.9 Å². The van der Waals surface area contributed by atoms with Crippen molar-refractivity contribution in [1.29, 1.82) is 0 Å². The highest BCUT2D eigenvalue weighted by Gasteiger charge is 2.33. The minimum absolute atomic E-state index is 0.0369. The number of carbonyl (C=O) groups excluding carboxylic acids is 1. The number of hydrogen-bond acceptors (Lipinski definition) is 3. The van der Waals surface area contributed by atoms with Gasteiger partial charge in [0.05, 0.1) is 20.3 Å². The monoisotopic (exact) mass is 373 g/mol. The van der Waals surface area contributed by atoms with Crippen LogP contribution in [0.25, 0.3) is 0 Å². The molecule has 0 spiro atoms. The van der Waals surface area contributed by atoms with Crippen LogP contribution in [0.1, 0.15) is 33.1 Å². The summed E-state index contributed by atoms with van der Waals surface area (Å²) in [7, 11) is 3.28. The molecule has 0 unspecified atom stereocenters. The van der Waals surface area contributed by atoms with Crippen molar-refractivity contribution in [2.24, 2.45) is 0 Å². The van der Waals surface area contributed by atoms with Crippen LogP contribution in [-0.4, -0.2) is 31.6 Å². The highest BCUT2D eigenvalue weighted by Crippen LogP contribution is 2.41. The zero-order chi connectivity index (χ0) is 19.5. The zero-order valence-electron chi connectivity index (χ0n) is 16.1. The molecule has 0 aliphatic carbocycles. The van der Waals surface area contributed by atoms with Crippen LogP contribution in [0.3, 0.4) is 0 Å². The molecule has 4 nitrogen and oxygen atoms in total. The molecule has 1 heterocycles. The molecule has 4 heteroatoms. The van der Waals surface area contributed by atoms with Gasteiger partial charge in [-0.25, -0.2) is 0 Å². The summed E-state index contributed by atoms with van der Waals surface area (Å²) in [5, 5.41) is 0. The van der Waals surface area contributed by atoms with E-state index in [0.717, 1.165) is 23.3 Å². The van der Waals surface area contributed by atoms with Crippen molar-refractivity contribution in [3.05, 3.63) is 95.1 Å². The van der Waals surface area contributed by atoms with Gasteiger partial charge in [0.15, 0.2) is 11.5 Å². The van der Waals surface area contributed by atoms with Gasteiger partial charge < -0.3 is 14.4 Å². The predicted molar refractivity (Wildman–Crippen MR) is 109 cm³/mol. The summed E-state index contributed by atoms with van der Waals surface area (Å²) in [6.07, 6.45) is 0.775. The van der Waals surface area contributed by atoms with Crippen molar-refractivity contribution in [3.63, 3.8) is 0 Å². The van der Waals surface area contributed by atoms with Gasteiger partial charge >= 0.3 is 0 Å². The lowest BCUT2D eigenvalue weighted by Crippen LogP contribution is -2.40. The van der Waals surface area contributed by atoms with Gasteiger partial charge in [0, 0.05) is 12.1 Å². The summed E-state index contributed by atoms with van der Waals surface area (Å²) in [5.74, 6) is 1.43. The Morgan fingerprint density at radius 1 is 0.893 bits per heavy atom. The molecule has 1 amide bonds. The van der Waals surface area contributed by atoms with E-state index in [1.807, 2.05) is 65.6 Å². The lowest BCUT2D eigenvalue weighted by molar-refractivity contribution is 0.0694. The maximum absolute atomic E-state index is 13.3. The van der Waals surface area contributed by atoms with Crippen molar-refractivity contribution in [1.82, 2.24) is 4.90 Å². The zero-order valence-corrected chi connectivity index (χ0v) is 16.1. The van der Waals surface area contributed by atoms with Gasteiger partial charge in [-0.3, -0.25) is 4.79 Å². The molecule has 1 aliphatic heterocycles. The summed E-state index contributed by atoms with van der Waals surface area (Å²) < 4.78 is 11.0. The van der Waals surface area contributed by atoms with Gasteiger partial charge in [-0.1, -0.05) is 48.5 Å². The molecule has 0 saturated heterocycles. The molecular weight excluding hydrogens is 350 g/mol. The van der Waals surface area contributed by atoms with E-state index in [1.165, 1.54) is 5.56 Å². The third-order valence-corrected chi connectivity index (χ3v) is 5.27. The quantitative estimate of drug-likeness (QED) is 0.676. The van der Waals surface area contributed by atoms with Crippen LogP contribution in [0.15, 0.2) is 72.8 Å². The molecule has 1 atom stereocenters. The Morgan fingerprint density at radius 2 is 1.50 bits per heavy atom. The van der Waals surface area contributed by atoms with Gasteiger partial charge in [0.25, 0.3) is 5.91 Å². The van der Waals surface area contributed by atoms with Crippen molar-refractivity contribution in [2.45, 2.75) is 12.5 Å². The fourth-order valence-corrected chi connectivity index (χ4v) is 3.91. The molecule has 28 heavy (non-hydrogen) atoms. The number of benzene rings is 3. The van der Waals surface area contributed by atoms with Crippen LogP contribution < -0.4 is 9.47 Å². The lowest BCUT2D eigenvalue weighted by atomic mass is 9.87. The molecule has 1 aliphatic rings. The Bertz CT molecular complexity index is 970. The second-order valence-electron chi connectivity index (χ2n) is 6.83. The first-order chi connectivity index (χ1) is 13.7. The summed E-state index contributed by atoms with van der Waals surface area (Å²) in [5.41, 5.74) is 4.05. The number of ether oxygens (including phenoxy) is 2. The fraction of sp³-hybridized carbons (Fsp3) is 0.208. The molecule has 0 saturated carbocycles. The topological polar surface area (TPSA) is 38.8 Å². The second-order valence-corrected chi connectivity index (χ2v) is 6.83. The molecule has 4 rings (SSSR count). The minimum Gasteiger partial charge on any atom is -0.493 e. The number of fused-ring (bicyclic) bond motifs is 1. The first-order valence-electron chi connectivity index (χ1n) is 9.38. The normalized spacial score (nSPS) is 15.6. The lowest BCUT2D eigenvalue weighted by Gasteiger charge is -2.38. The predicted octanol–water partition coefficient (Wildman–Crippen LogP) is 4.49. The largest absolute Gasteiger partial charge is 0.493 e. The van der Waals surface area contributed by atoms with Crippen LogP contribution in [0, 0.1) is 0 Å². The van der Waals surface area contributed by atoms with Crippen LogP contribution in [0.4, 0.5) is 0 Å². The van der Waals surface area contributed by atoms with Gasteiger partial charge in [-0.05, 0) is 47.4 Å². The third kappa shape index (κ3) is 3.22. The van der Waals surface area contributed by atoms with Crippen molar-refractivity contribution in [2.75, 3.05) is 20.8 Å². The number of nitrogens with zero attached hydrogens (tertiary/aromatic N) is 1. The summed E-state index contributed by atoms with van der Waals surface area (Å²) >= 11 is 0. The minimum atomic E-state index is -0.169. The van der Waals surface area contributed by atoms with Gasteiger partial charge in [-0.2, -0.15) is 0 Å². The van der Waals surface area contributed by atoms with E-state index in [9.17, 15) is 4.79 Å². The molecule has 0 N–H and O–H groups in total. The van der Waals surface area contributed by atoms with Gasteiger partial charge in [0.1, 0.15) is 0 Å². The number of carbonyl (C=O) groups is 1. The Balaban J connectivity index is 1.84. The summed E-state index contributed by atoms with van der Waals surface area (Å²) in [6, 6.07) is 23.5. The van der Waals surface area contributed by atoms with Crippen molar-refractivity contribution in [3.8, 4) is 11.5 Å². The number of hydrogen-bond donors (Lipinski definition) is 0. The van der Waals surface area contributed by atoms with Crippen LogP contribution in [0.5, 0.6) is 11.5 Å². The van der Waals surface area contributed by atoms with Crippen molar-refractivity contribution >= 4 is 5.91 Å². The second kappa shape index (κ2) is 7.77. The molecule has 0 radical (unpaired) electrons. The average molecular weight is 373 g/mol.